The monoisotopic (exact) mass is 804 g/mol. The van der Waals surface area contributed by atoms with Gasteiger partial charge in [0.15, 0.2) is 6.61 Å². The van der Waals surface area contributed by atoms with Gasteiger partial charge < -0.3 is 31.3 Å². The van der Waals surface area contributed by atoms with Crippen LogP contribution in [0.4, 0.5) is 40.8 Å². The molecule has 0 atom stereocenters. The van der Waals surface area contributed by atoms with Crippen molar-refractivity contribution in [2.24, 2.45) is 5.41 Å². The van der Waals surface area contributed by atoms with Gasteiger partial charge in [0, 0.05) is 35.1 Å². The van der Waals surface area contributed by atoms with Crippen LogP contribution < -0.4 is 31.3 Å². The molecule has 0 spiro atoms. The number of ether oxygens (including phenoxy) is 1. The predicted octanol–water partition coefficient (Wildman–Crippen LogP) is 7.63. The van der Waals surface area contributed by atoms with E-state index in [9.17, 15) is 31.9 Å². The summed E-state index contributed by atoms with van der Waals surface area (Å²) in [5.74, 6) is -2.56. The van der Waals surface area contributed by atoms with Gasteiger partial charge in [0.05, 0.1) is 5.54 Å². The number of nitrogens with zero attached hydrogens (tertiary/aromatic N) is 3. The van der Waals surface area contributed by atoms with Crippen LogP contribution in [0.3, 0.4) is 0 Å². The van der Waals surface area contributed by atoms with Crippen molar-refractivity contribution < 1.29 is 36.7 Å². The molecule has 0 saturated heterocycles. The lowest BCUT2D eigenvalue weighted by atomic mass is 9.93. The molecule has 1 heterocycles. The molecule has 5 N–H and O–H groups in total. The number of halogens is 5. The van der Waals surface area contributed by atoms with Crippen LogP contribution in [-0.2, 0) is 15.1 Å². The van der Waals surface area contributed by atoms with Crippen LogP contribution in [0.1, 0.15) is 42.6 Å². The molecule has 17 heteroatoms. The number of rotatable bonds is 14. The summed E-state index contributed by atoms with van der Waals surface area (Å²) in [7, 11) is 0. The molecule has 12 nitrogen and oxygen atoms in total. The van der Waals surface area contributed by atoms with Crippen LogP contribution in [0.5, 0.6) is 6.01 Å². The van der Waals surface area contributed by atoms with Crippen LogP contribution in [0.25, 0.3) is 11.1 Å². The molecule has 1 fully saturated rings. The van der Waals surface area contributed by atoms with Crippen molar-refractivity contribution in [3.63, 3.8) is 0 Å². The maximum Gasteiger partial charge on any atom is 0.422 e. The summed E-state index contributed by atoms with van der Waals surface area (Å²) in [4.78, 5) is 50.5. The smallest absolute Gasteiger partial charge is 0.422 e. The minimum Gasteiger partial charge on any atom is -0.454 e. The summed E-state index contributed by atoms with van der Waals surface area (Å²) in [6.45, 7) is 2.23. The van der Waals surface area contributed by atoms with Gasteiger partial charge >= 0.3 is 24.0 Å². The second-order valence-corrected chi connectivity index (χ2v) is 14.6. The highest BCUT2D eigenvalue weighted by Gasteiger charge is 2.45. The normalized spacial score (nSPS) is 13.2. The second kappa shape index (κ2) is 16.8. The lowest BCUT2D eigenvalue weighted by Crippen LogP contribution is -2.44. The van der Waals surface area contributed by atoms with Crippen molar-refractivity contribution in [2.45, 2.75) is 38.4 Å². The van der Waals surface area contributed by atoms with Crippen molar-refractivity contribution in [3.05, 3.63) is 119 Å². The first-order valence-corrected chi connectivity index (χ1v) is 18.0. The van der Waals surface area contributed by atoms with Gasteiger partial charge in [-0.25, -0.2) is 4.39 Å². The first-order chi connectivity index (χ1) is 27.0. The van der Waals surface area contributed by atoms with E-state index in [-0.39, 0.29) is 30.8 Å². The number of benzene rings is 4. The average molecular weight is 805 g/mol. The molecule has 5 aromatic rings. The molecule has 3 amide bonds. The number of amides is 3. The van der Waals surface area contributed by atoms with Gasteiger partial charge in [-0.05, 0) is 95.6 Å². The number of hydrogen-bond donors (Lipinski definition) is 5. The number of anilines is 4. The largest absolute Gasteiger partial charge is 0.454 e. The van der Waals surface area contributed by atoms with Gasteiger partial charge in [-0.1, -0.05) is 61.8 Å². The first kappa shape index (κ1) is 40.4. The first-order valence-electron chi connectivity index (χ1n) is 17.7. The molecule has 0 aliphatic heterocycles. The molecule has 296 valence electrons. The predicted molar refractivity (Wildman–Crippen MR) is 207 cm³/mol. The van der Waals surface area contributed by atoms with E-state index in [1.54, 1.807) is 74.5 Å². The second-order valence-electron chi connectivity index (χ2n) is 14.2. The highest BCUT2D eigenvalue weighted by molar-refractivity contribution is 6.39. The number of carbonyl (C=O) groups excluding carboxylic acids is 3. The third kappa shape index (κ3) is 11.4. The van der Waals surface area contributed by atoms with Crippen molar-refractivity contribution in [1.29, 1.82) is 0 Å². The topological polar surface area (TPSA) is 159 Å². The van der Waals surface area contributed by atoms with Crippen molar-refractivity contribution in [3.8, 4) is 17.1 Å². The SMILES string of the molecule is CC(C)(CNC(=O)C(=O)Nc1ccc(-c2ccc(F)cc2)cc1)CNC(=O)c1ccc(Nc2nc(NC3(c4ccc(Cl)cc4)CC3)nc(OCC(F)(F)F)n2)cc1. The van der Waals surface area contributed by atoms with E-state index in [1.165, 1.54) is 24.3 Å². The number of carbonyl (C=O) groups is 3. The van der Waals surface area contributed by atoms with Gasteiger partial charge in [-0.15, -0.1) is 0 Å². The van der Waals surface area contributed by atoms with Crippen LogP contribution in [0, 0.1) is 11.2 Å². The molecular weight excluding hydrogens is 768 g/mol. The number of aromatic nitrogens is 3. The summed E-state index contributed by atoms with van der Waals surface area (Å²) in [5, 5.41) is 14.6. The fraction of sp³-hybridized carbons (Fsp3) is 0.250. The molecular formula is C40H37ClF4N8O4. The molecule has 0 radical (unpaired) electrons. The van der Waals surface area contributed by atoms with Crippen LogP contribution in [-0.4, -0.2) is 58.5 Å². The molecule has 1 aromatic heterocycles. The van der Waals surface area contributed by atoms with E-state index in [1.807, 2.05) is 12.1 Å². The van der Waals surface area contributed by atoms with Gasteiger partial charge in [0.2, 0.25) is 11.9 Å². The summed E-state index contributed by atoms with van der Waals surface area (Å²) < 4.78 is 57.0. The highest BCUT2D eigenvalue weighted by atomic mass is 35.5. The zero-order chi connectivity index (χ0) is 40.8. The fourth-order valence-corrected chi connectivity index (χ4v) is 5.69. The quantitative estimate of drug-likeness (QED) is 0.0562. The maximum absolute atomic E-state index is 13.2. The Hall–Kier alpha value is -6.29. The van der Waals surface area contributed by atoms with E-state index < -0.39 is 47.5 Å². The van der Waals surface area contributed by atoms with Gasteiger partial charge in [0.1, 0.15) is 5.82 Å². The lowest BCUT2D eigenvalue weighted by Gasteiger charge is -2.25. The molecule has 1 saturated carbocycles. The Kier molecular flexibility index (Phi) is 11.9. The third-order valence-corrected chi connectivity index (χ3v) is 9.11. The zero-order valence-electron chi connectivity index (χ0n) is 30.6. The summed E-state index contributed by atoms with van der Waals surface area (Å²) in [5.41, 5.74) is 2.47. The molecule has 4 aromatic carbocycles. The molecule has 1 aliphatic carbocycles. The van der Waals surface area contributed by atoms with Crippen molar-refractivity contribution >= 4 is 52.6 Å². The van der Waals surface area contributed by atoms with E-state index >= 15 is 0 Å². The van der Waals surface area contributed by atoms with E-state index in [0.29, 0.717) is 22.0 Å². The van der Waals surface area contributed by atoms with E-state index in [0.717, 1.165) is 29.5 Å². The van der Waals surface area contributed by atoms with Crippen LogP contribution >= 0.6 is 11.6 Å². The molecule has 6 rings (SSSR count). The van der Waals surface area contributed by atoms with E-state index in [4.69, 9.17) is 16.3 Å². The maximum atomic E-state index is 13.2. The van der Waals surface area contributed by atoms with Gasteiger partial charge in [-0.2, -0.15) is 28.1 Å². The summed E-state index contributed by atoms with van der Waals surface area (Å²) in [6.07, 6.45) is -3.16. The third-order valence-electron chi connectivity index (χ3n) is 8.86. The van der Waals surface area contributed by atoms with E-state index in [2.05, 4.69) is 41.5 Å². The van der Waals surface area contributed by atoms with Gasteiger partial charge in [-0.3, -0.25) is 14.4 Å². The number of alkyl halides is 3. The molecule has 1 aliphatic rings. The van der Waals surface area contributed by atoms with Crippen LogP contribution in [0.15, 0.2) is 97.1 Å². The molecule has 57 heavy (non-hydrogen) atoms. The van der Waals surface area contributed by atoms with Crippen molar-refractivity contribution in [1.82, 2.24) is 25.6 Å². The Balaban J connectivity index is 1.00. The Morgan fingerprint density at radius 2 is 1.32 bits per heavy atom. The van der Waals surface area contributed by atoms with Gasteiger partial charge in [0.25, 0.3) is 5.91 Å². The fourth-order valence-electron chi connectivity index (χ4n) is 5.57. The standard InChI is InChI=1S/C40H37ClF4N8O4/c1-38(2,22-47-33(55)34(56)48-30-15-5-25(6-16-30)24-3-13-29(42)14-4-24)21-46-32(54)26-7-17-31(18-8-26)49-35-50-36(52-37(51-35)57-23-40(43,44)45)53-39(19-20-39)27-9-11-28(41)12-10-27/h3-18H,19-23H2,1-2H3,(H,46,54)(H,47,55)(H,48,56)(H2,49,50,51,52,53). The number of hydrogen-bond acceptors (Lipinski definition) is 9. The summed E-state index contributed by atoms with van der Waals surface area (Å²) >= 11 is 6.04. The Bertz CT molecular complexity index is 2220. The highest BCUT2D eigenvalue weighted by Crippen LogP contribution is 2.48. The Morgan fingerprint density at radius 3 is 1.93 bits per heavy atom. The zero-order valence-corrected chi connectivity index (χ0v) is 31.4. The minimum atomic E-state index is -4.62. The average Bonchev–Trinajstić information content (AvgIpc) is 3.96. The lowest BCUT2D eigenvalue weighted by molar-refractivity contribution is -0.154. The molecule has 0 unspecified atom stereocenters. The Labute approximate surface area is 329 Å². The molecule has 0 bridgehead atoms. The Morgan fingerprint density at radius 1 is 0.737 bits per heavy atom. The number of nitrogens with one attached hydrogen (secondary N) is 5. The van der Waals surface area contributed by atoms with Crippen LogP contribution in [0.2, 0.25) is 5.02 Å². The van der Waals surface area contributed by atoms with Crippen molar-refractivity contribution in [2.75, 3.05) is 35.6 Å². The summed E-state index contributed by atoms with van der Waals surface area (Å²) in [6, 6.07) is 25.6. The minimum absolute atomic E-state index is 0.00170.